The van der Waals surface area contributed by atoms with Gasteiger partial charge in [-0.05, 0) is 61.4 Å². The van der Waals surface area contributed by atoms with Crippen LogP contribution in [0.3, 0.4) is 0 Å². The van der Waals surface area contributed by atoms with Crippen LogP contribution >= 0.6 is 0 Å². The van der Waals surface area contributed by atoms with Crippen molar-refractivity contribution in [1.29, 1.82) is 0 Å². The minimum absolute atomic E-state index is 0.179. The molecule has 3 nitrogen and oxygen atoms in total. The number of hydrogen-bond donors (Lipinski definition) is 0. The van der Waals surface area contributed by atoms with Crippen LogP contribution < -0.4 is 4.74 Å². The van der Waals surface area contributed by atoms with Gasteiger partial charge in [-0.1, -0.05) is 39.8 Å². The van der Waals surface area contributed by atoms with E-state index < -0.39 is 0 Å². The molecular formula is C21H35NO2. The fourth-order valence-electron chi connectivity index (χ4n) is 3.07. The predicted octanol–water partition coefficient (Wildman–Crippen LogP) is 4.42. The van der Waals surface area contributed by atoms with Gasteiger partial charge in [0.15, 0.2) is 0 Å². The fraction of sp³-hybridized carbons (Fsp3) is 0.714. The van der Waals surface area contributed by atoms with Gasteiger partial charge in [0.25, 0.3) is 0 Å². The van der Waals surface area contributed by atoms with Crippen LogP contribution in [0.15, 0.2) is 18.2 Å². The van der Waals surface area contributed by atoms with Crippen LogP contribution in [0.4, 0.5) is 0 Å². The molecule has 0 amide bonds. The largest absolute Gasteiger partial charge is 0.491 e. The van der Waals surface area contributed by atoms with Crippen molar-refractivity contribution in [1.82, 2.24) is 4.90 Å². The molecule has 1 aliphatic rings. The molecule has 0 unspecified atom stereocenters. The van der Waals surface area contributed by atoms with Crippen LogP contribution in [0.2, 0.25) is 0 Å². The Morgan fingerprint density at radius 1 is 1.08 bits per heavy atom. The van der Waals surface area contributed by atoms with E-state index in [-0.39, 0.29) is 5.41 Å². The Hall–Kier alpha value is -1.06. The zero-order valence-corrected chi connectivity index (χ0v) is 16.2. The van der Waals surface area contributed by atoms with Gasteiger partial charge >= 0.3 is 0 Å². The van der Waals surface area contributed by atoms with Gasteiger partial charge in [0, 0.05) is 6.54 Å². The van der Waals surface area contributed by atoms with Crippen LogP contribution in [0.25, 0.3) is 0 Å². The van der Waals surface area contributed by atoms with E-state index in [1.54, 1.807) is 0 Å². The molecule has 1 heterocycles. The third-order valence-corrected chi connectivity index (χ3v) is 4.95. The lowest BCUT2D eigenvalue weighted by Gasteiger charge is -2.29. The molecule has 0 bridgehead atoms. The van der Waals surface area contributed by atoms with E-state index in [0.717, 1.165) is 24.8 Å². The SMILES string of the molecule is Cc1cc(C(C)(C)C)ccc1OCCOCCN1CCC(C)CC1. The van der Waals surface area contributed by atoms with Crippen molar-refractivity contribution in [2.45, 2.75) is 52.9 Å². The van der Waals surface area contributed by atoms with Gasteiger partial charge in [0.05, 0.1) is 13.2 Å². The highest BCUT2D eigenvalue weighted by Crippen LogP contribution is 2.27. The molecule has 0 saturated carbocycles. The summed E-state index contributed by atoms with van der Waals surface area (Å²) in [5.74, 6) is 1.86. The number of benzene rings is 1. The van der Waals surface area contributed by atoms with Crippen molar-refractivity contribution >= 4 is 0 Å². The Labute approximate surface area is 148 Å². The minimum Gasteiger partial charge on any atom is -0.491 e. The first-order valence-electron chi connectivity index (χ1n) is 9.40. The maximum Gasteiger partial charge on any atom is 0.122 e. The second-order valence-electron chi connectivity index (χ2n) is 8.22. The van der Waals surface area contributed by atoms with E-state index in [1.807, 2.05) is 0 Å². The highest BCUT2D eigenvalue weighted by atomic mass is 16.5. The van der Waals surface area contributed by atoms with Gasteiger partial charge in [-0.15, -0.1) is 0 Å². The molecule has 1 aromatic rings. The summed E-state index contributed by atoms with van der Waals surface area (Å²) in [5.41, 5.74) is 2.72. The number of rotatable bonds is 7. The number of nitrogens with zero attached hydrogens (tertiary/aromatic N) is 1. The van der Waals surface area contributed by atoms with Crippen LogP contribution in [0.5, 0.6) is 5.75 Å². The van der Waals surface area contributed by atoms with Gasteiger partial charge in [-0.2, -0.15) is 0 Å². The molecule has 0 radical (unpaired) electrons. The highest BCUT2D eigenvalue weighted by Gasteiger charge is 2.15. The van der Waals surface area contributed by atoms with Crippen molar-refractivity contribution in [3.8, 4) is 5.75 Å². The van der Waals surface area contributed by atoms with Gasteiger partial charge in [0.2, 0.25) is 0 Å². The fourth-order valence-corrected chi connectivity index (χ4v) is 3.07. The molecule has 1 aromatic carbocycles. The Morgan fingerprint density at radius 3 is 2.42 bits per heavy atom. The molecule has 3 heteroatoms. The van der Waals surface area contributed by atoms with Crippen molar-refractivity contribution in [3.05, 3.63) is 29.3 Å². The Bertz CT molecular complexity index is 499. The molecule has 136 valence electrons. The number of ether oxygens (including phenoxy) is 2. The van der Waals surface area contributed by atoms with Crippen LogP contribution in [-0.4, -0.2) is 44.4 Å². The Balaban J connectivity index is 1.62. The maximum atomic E-state index is 5.87. The number of piperidine rings is 1. The number of likely N-dealkylation sites (tertiary alicyclic amines) is 1. The molecule has 1 saturated heterocycles. The minimum atomic E-state index is 0.179. The number of hydrogen-bond acceptors (Lipinski definition) is 3. The molecule has 0 aromatic heterocycles. The Morgan fingerprint density at radius 2 is 1.79 bits per heavy atom. The average Bonchev–Trinajstić information content (AvgIpc) is 2.52. The molecule has 24 heavy (non-hydrogen) atoms. The van der Waals surface area contributed by atoms with Gasteiger partial charge < -0.3 is 14.4 Å². The lowest BCUT2D eigenvalue weighted by atomic mass is 9.86. The first kappa shape index (κ1) is 19.3. The van der Waals surface area contributed by atoms with Crippen molar-refractivity contribution in [2.24, 2.45) is 5.92 Å². The molecular weight excluding hydrogens is 298 g/mol. The van der Waals surface area contributed by atoms with Crippen molar-refractivity contribution in [2.75, 3.05) is 39.5 Å². The standard InChI is InChI=1S/C21H35NO2/c1-17-8-10-22(11-9-17)12-13-23-14-15-24-20-7-6-19(16-18(20)2)21(3,4)5/h6-7,16-17H,8-15H2,1-5H3. The van der Waals surface area contributed by atoms with Crippen molar-refractivity contribution < 1.29 is 9.47 Å². The lowest BCUT2D eigenvalue weighted by Crippen LogP contribution is -2.35. The monoisotopic (exact) mass is 333 g/mol. The number of aryl methyl sites for hydroxylation is 1. The molecule has 1 fully saturated rings. The third kappa shape index (κ3) is 6.10. The zero-order valence-electron chi connectivity index (χ0n) is 16.2. The summed E-state index contributed by atoms with van der Waals surface area (Å²) >= 11 is 0. The summed E-state index contributed by atoms with van der Waals surface area (Å²) in [6, 6.07) is 6.49. The van der Waals surface area contributed by atoms with Crippen LogP contribution in [0, 0.1) is 12.8 Å². The lowest BCUT2D eigenvalue weighted by molar-refractivity contribution is 0.0707. The van der Waals surface area contributed by atoms with E-state index in [2.05, 4.69) is 57.7 Å². The van der Waals surface area contributed by atoms with Gasteiger partial charge in [-0.3, -0.25) is 0 Å². The summed E-state index contributed by atoms with van der Waals surface area (Å²) in [7, 11) is 0. The second-order valence-corrected chi connectivity index (χ2v) is 8.22. The smallest absolute Gasteiger partial charge is 0.122 e. The summed E-state index contributed by atoms with van der Waals surface area (Å²) in [5, 5.41) is 0. The van der Waals surface area contributed by atoms with E-state index in [4.69, 9.17) is 9.47 Å². The van der Waals surface area contributed by atoms with E-state index >= 15 is 0 Å². The first-order valence-corrected chi connectivity index (χ1v) is 9.40. The third-order valence-electron chi connectivity index (χ3n) is 4.95. The van der Waals surface area contributed by atoms with E-state index in [9.17, 15) is 0 Å². The summed E-state index contributed by atoms with van der Waals surface area (Å²) in [4.78, 5) is 2.51. The molecule has 0 N–H and O–H groups in total. The molecule has 1 aliphatic heterocycles. The van der Waals surface area contributed by atoms with Crippen LogP contribution in [-0.2, 0) is 10.2 Å². The first-order chi connectivity index (χ1) is 11.4. The zero-order chi connectivity index (χ0) is 17.6. The quantitative estimate of drug-likeness (QED) is 0.690. The summed E-state index contributed by atoms with van der Waals surface area (Å²) < 4.78 is 11.6. The molecule has 0 atom stereocenters. The summed E-state index contributed by atoms with van der Waals surface area (Å²) in [6.07, 6.45) is 2.65. The highest BCUT2D eigenvalue weighted by molar-refractivity contribution is 5.38. The molecule has 2 rings (SSSR count). The normalized spacial score (nSPS) is 17.2. The van der Waals surface area contributed by atoms with Crippen LogP contribution in [0.1, 0.15) is 51.7 Å². The molecule has 0 spiro atoms. The summed E-state index contributed by atoms with van der Waals surface area (Å²) in [6.45, 7) is 16.7. The maximum absolute atomic E-state index is 5.87. The van der Waals surface area contributed by atoms with Crippen molar-refractivity contribution in [3.63, 3.8) is 0 Å². The predicted molar refractivity (Wildman–Crippen MR) is 101 cm³/mol. The van der Waals surface area contributed by atoms with E-state index in [0.29, 0.717) is 13.2 Å². The Kier molecular flexibility index (Phi) is 7.12. The molecule has 0 aliphatic carbocycles. The average molecular weight is 334 g/mol. The second kappa shape index (κ2) is 8.87. The van der Waals surface area contributed by atoms with Gasteiger partial charge in [-0.25, -0.2) is 0 Å². The van der Waals surface area contributed by atoms with E-state index in [1.165, 1.54) is 37.1 Å². The van der Waals surface area contributed by atoms with Gasteiger partial charge in [0.1, 0.15) is 12.4 Å². The topological polar surface area (TPSA) is 21.7 Å².